The van der Waals surface area contributed by atoms with E-state index in [-0.39, 0.29) is 5.97 Å². The second-order valence-corrected chi connectivity index (χ2v) is 5.56. The maximum absolute atomic E-state index is 11.5. The van der Waals surface area contributed by atoms with Gasteiger partial charge < -0.3 is 10.1 Å². The molecular formula is C14H19NO2S. The van der Waals surface area contributed by atoms with Crippen molar-refractivity contribution in [3.63, 3.8) is 0 Å². The summed E-state index contributed by atoms with van der Waals surface area (Å²) in [5, 5.41) is 3.42. The van der Waals surface area contributed by atoms with Crippen LogP contribution in [0, 0.1) is 5.92 Å². The quantitative estimate of drug-likeness (QED) is 0.831. The Hall–Kier alpha value is -1.16. The Labute approximate surface area is 112 Å². The third-order valence-electron chi connectivity index (χ3n) is 3.01. The summed E-state index contributed by atoms with van der Waals surface area (Å²) < 4.78 is 4.95. The first-order valence-corrected chi connectivity index (χ1v) is 7.54. The summed E-state index contributed by atoms with van der Waals surface area (Å²) in [6, 6.07) is 7.50. The largest absolute Gasteiger partial charge is 0.462 e. The molecule has 1 unspecified atom stereocenters. The Balaban J connectivity index is 1.85. The minimum absolute atomic E-state index is 0.253. The predicted octanol–water partition coefficient (Wildman–Crippen LogP) is 3.03. The molecule has 0 aromatic heterocycles. The van der Waals surface area contributed by atoms with Gasteiger partial charge in [-0.25, -0.2) is 4.79 Å². The van der Waals surface area contributed by atoms with Gasteiger partial charge in [0, 0.05) is 12.2 Å². The molecule has 0 spiro atoms. The molecule has 1 heterocycles. The van der Waals surface area contributed by atoms with Crippen LogP contribution in [0.15, 0.2) is 24.3 Å². The summed E-state index contributed by atoms with van der Waals surface area (Å²) in [7, 11) is 0. The van der Waals surface area contributed by atoms with E-state index in [9.17, 15) is 4.79 Å². The van der Waals surface area contributed by atoms with Gasteiger partial charge in [-0.1, -0.05) is 0 Å². The van der Waals surface area contributed by atoms with Gasteiger partial charge in [0.05, 0.1) is 12.2 Å². The van der Waals surface area contributed by atoms with Crippen LogP contribution in [0.2, 0.25) is 0 Å². The fourth-order valence-electron chi connectivity index (χ4n) is 1.95. The van der Waals surface area contributed by atoms with Gasteiger partial charge in [-0.3, -0.25) is 0 Å². The van der Waals surface area contributed by atoms with Crippen LogP contribution in [0.4, 0.5) is 5.69 Å². The van der Waals surface area contributed by atoms with Crippen molar-refractivity contribution in [3.05, 3.63) is 29.8 Å². The molecule has 1 aliphatic rings. The maximum Gasteiger partial charge on any atom is 0.338 e. The first kappa shape index (κ1) is 13.3. The van der Waals surface area contributed by atoms with E-state index in [0.29, 0.717) is 12.2 Å². The van der Waals surface area contributed by atoms with Crippen LogP contribution in [0.1, 0.15) is 23.7 Å². The molecule has 1 saturated heterocycles. The minimum Gasteiger partial charge on any atom is -0.462 e. The van der Waals surface area contributed by atoms with Crippen LogP contribution < -0.4 is 5.32 Å². The highest BCUT2D eigenvalue weighted by atomic mass is 32.2. The minimum atomic E-state index is -0.253. The van der Waals surface area contributed by atoms with Crippen molar-refractivity contribution in [2.24, 2.45) is 5.92 Å². The van der Waals surface area contributed by atoms with Crippen molar-refractivity contribution in [2.45, 2.75) is 13.3 Å². The predicted molar refractivity (Wildman–Crippen MR) is 76.3 cm³/mol. The molecule has 0 bridgehead atoms. The standard InChI is InChI=1S/C14H19NO2S/c1-2-17-14(16)12-3-5-13(6-4-12)15-9-11-7-8-18-10-11/h3-6,11,15H,2,7-10H2,1H3. The Kier molecular flexibility index (Phi) is 4.93. The average Bonchev–Trinajstić information content (AvgIpc) is 2.90. The molecule has 98 valence electrons. The molecule has 0 aliphatic carbocycles. The molecule has 1 aromatic rings. The van der Waals surface area contributed by atoms with Crippen LogP contribution in [0.5, 0.6) is 0 Å². The van der Waals surface area contributed by atoms with Gasteiger partial charge >= 0.3 is 5.97 Å². The van der Waals surface area contributed by atoms with Crippen molar-refractivity contribution >= 4 is 23.4 Å². The Morgan fingerprint density at radius 1 is 1.44 bits per heavy atom. The Morgan fingerprint density at radius 2 is 2.22 bits per heavy atom. The van der Waals surface area contributed by atoms with E-state index in [4.69, 9.17) is 4.74 Å². The van der Waals surface area contributed by atoms with Gasteiger partial charge in [0.25, 0.3) is 0 Å². The molecule has 18 heavy (non-hydrogen) atoms. The summed E-state index contributed by atoms with van der Waals surface area (Å²) in [6.45, 7) is 3.25. The zero-order valence-electron chi connectivity index (χ0n) is 10.6. The van der Waals surface area contributed by atoms with Crippen molar-refractivity contribution in [2.75, 3.05) is 30.0 Å². The zero-order valence-corrected chi connectivity index (χ0v) is 11.5. The van der Waals surface area contributed by atoms with E-state index >= 15 is 0 Å². The smallest absolute Gasteiger partial charge is 0.338 e. The van der Waals surface area contributed by atoms with Crippen LogP contribution in [0.3, 0.4) is 0 Å². The SMILES string of the molecule is CCOC(=O)c1ccc(NCC2CCSC2)cc1. The molecule has 1 N–H and O–H groups in total. The van der Waals surface area contributed by atoms with E-state index in [1.54, 1.807) is 0 Å². The van der Waals surface area contributed by atoms with E-state index in [1.165, 1.54) is 17.9 Å². The number of anilines is 1. The lowest BCUT2D eigenvalue weighted by molar-refractivity contribution is 0.0526. The second-order valence-electron chi connectivity index (χ2n) is 4.41. The summed E-state index contributed by atoms with van der Waals surface area (Å²) >= 11 is 2.03. The number of hydrogen-bond donors (Lipinski definition) is 1. The molecule has 3 nitrogen and oxygen atoms in total. The summed E-state index contributed by atoms with van der Waals surface area (Å²) in [5.74, 6) is 3.07. The fourth-order valence-corrected chi connectivity index (χ4v) is 3.23. The maximum atomic E-state index is 11.5. The number of carbonyl (C=O) groups excluding carboxylic acids is 1. The molecule has 1 aliphatic heterocycles. The molecule has 1 atom stereocenters. The van der Waals surface area contributed by atoms with E-state index < -0.39 is 0 Å². The Morgan fingerprint density at radius 3 is 2.83 bits per heavy atom. The number of carbonyl (C=O) groups is 1. The lowest BCUT2D eigenvalue weighted by Crippen LogP contribution is -2.13. The number of nitrogens with one attached hydrogen (secondary N) is 1. The lowest BCUT2D eigenvalue weighted by Gasteiger charge is -2.11. The number of hydrogen-bond acceptors (Lipinski definition) is 4. The monoisotopic (exact) mass is 265 g/mol. The summed E-state index contributed by atoms with van der Waals surface area (Å²) in [5.41, 5.74) is 1.68. The average molecular weight is 265 g/mol. The van der Waals surface area contributed by atoms with Gasteiger partial charge in [0.2, 0.25) is 0 Å². The van der Waals surface area contributed by atoms with E-state index in [0.717, 1.165) is 18.2 Å². The highest BCUT2D eigenvalue weighted by Crippen LogP contribution is 2.23. The molecule has 0 radical (unpaired) electrons. The zero-order chi connectivity index (χ0) is 12.8. The number of thioether (sulfide) groups is 1. The first-order chi connectivity index (χ1) is 8.79. The van der Waals surface area contributed by atoms with Gasteiger partial charge in [-0.2, -0.15) is 11.8 Å². The third-order valence-corrected chi connectivity index (χ3v) is 4.25. The number of benzene rings is 1. The van der Waals surface area contributed by atoms with E-state index in [2.05, 4.69) is 5.32 Å². The molecular weight excluding hydrogens is 246 g/mol. The number of ether oxygens (including phenoxy) is 1. The van der Waals surface area contributed by atoms with Gasteiger partial charge in [-0.05, 0) is 55.0 Å². The molecule has 4 heteroatoms. The second kappa shape index (κ2) is 6.69. The molecule has 1 aromatic carbocycles. The molecule has 0 saturated carbocycles. The summed E-state index contributed by atoms with van der Waals surface area (Å²) in [4.78, 5) is 11.5. The normalized spacial score (nSPS) is 18.6. The lowest BCUT2D eigenvalue weighted by atomic mass is 10.1. The van der Waals surface area contributed by atoms with Crippen LogP contribution in [0.25, 0.3) is 0 Å². The highest BCUT2D eigenvalue weighted by molar-refractivity contribution is 7.99. The highest BCUT2D eigenvalue weighted by Gasteiger charge is 2.14. The van der Waals surface area contributed by atoms with Crippen molar-refractivity contribution < 1.29 is 9.53 Å². The Bertz CT molecular complexity index is 385. The van der Waals surface area contributed by atoms with E-state index in [1.807, 2.05) is 43.0 Å². The first-order valence-electron chi connectivity index (χ1n) is 6.38. The van der Waals surface area contributed by atoms with Gasteiger partial charge in [-0.15, -0.1) is 0 Å². The van der Waals surface area contributed by atoms with Crippen molar-refractivity contribution in [1.29, 1.82) is 0 Å². The van der Waals surface area contributed by atoms with Crippen molar-refractivity contribution in [1.82, 2.24) is 0 Å². The molecule has 2 rings (SSSR count). The molecule has 0 amide bonds. The number of esters is 1. The van der Waals surface area contributed by atoms with Crippen LogP contribution >= 0.6 is 11.8 Å². The topological polar surface area (TPSA) is 38.3 Å². The summed E-state index contributed by atoms with van der Waals surface area (Å²) in [6.07, 6.45) is 1.30. The third kappa shape index (κ3) is 3.67. The number of rotatable bonds is 5. The van der Waals surface area contributed by atoms with Crippen LogP contribution in [-0.4, -0.2) is 30.6 Å². The fraction of sp³-hybridized carbons (Fsp3) is 0.500. The van der Waals surface area contributed by atoms with Gasteiger partial charge in [0.1, 0.15) is 0 Å². The van der Waals surface area contributed by atoms with Crippen molar-refractivity contribution in [3.8, 4) is 0 Å². The molecule has 1 fully saturated rings. The van der Waals surface area contributed by atoms with Gasteiger partial charge in [0.15, 0.2) is 0 Å². The van der Waals surface area contributed by atoms with Crippen LogP contribution in [-0.2, 0) is 4.74 Å².